The van der Waals surface area contributed by atoms with Gasteiger partial charge in [-0.2, -0.15) is 0 Å². The van der Waals surface area contributed by atoms with Crippen LogP contribution in [0.5, 0.6) is 0 Å². The quantitative estimate of drug-likeness (QED) is 0.672. The van der Waals surface area contributed by atoms with Gasteiger partial charge in [0.05, 0.1) is 6.42 Å². The topological polar surface area (TPSA) is 71.4 Å². The number of rotatable bonds is 6. The van der Waals surface area contributed by atoms with E-state index < -0.39 is 11.9 Å². The van der Waals surface area contributed by atoms with Gasteiger partial charge >= 0.3 is 5.97 Å². The molecule has 0 aromatic rings. The Morgan fingerprint density at radius 1 is 1.23 bits per heavy atom. The molecule has 0 fully saturated rings. The van der Waals surface area contributed by atoms with Crippen molar-refractivity contribution in [3.05, 3.63) is 0 Å². The lowest BCUT2D eigenvalue weighted by molar-refractivity contribution is -0.140. The molecule has 0 aromatic heterocycles. The molecule has 0 saturated heterocycles. The third-order valence-electron chi connectivity index (χ3n) is 1.84. The Morgan fingerprint density at radius 2 is 1.77 bits per heavy atom. The molecule has 0 rings (SSSR count). The van der Waals surface area contributed by atoms with Crippen LogP contribution in [-0.2, 0) is 14.4 Å². The summed E-state index contributed by atoms with van der Waals surface area (Å²) in [6.07, 6.45) is 0.442. The molecular formula is C9H14O4. The van der Waals surface area contributed by atoms with Crippen LogP contribution in [0, 0.1) is 5.92 Å². The van der Waals surface area contributed by atoms with Crippen molar-refractivity contribution in [2.24, 2.45) is 5.92 Å². The highest BCUT2D eigenvalue weighted by Gasteiger charge is 2.18. The maximum Gasteiger partial charge on any atom is 0.304 e. The lowest BCUT2D eigenvalue weighted by Gasteiger charge is -2.08. The van der Waals surface area contributed by atoms with Crippen molar-refractivity contribution in [1.82, 2.24) is 0 Å². The number of carboxylic acids is 1. The van der Waals surface area contributed by atoms with Gasteiger partial charge in [0, 0.05) is 12.3 Å². The summed E-state index contributed by atoms with van der Waals surface area (Å²) in [5.74, 6) is -1.69. The maximum absolute atomic E-state index is 10.9. The minimum Gasteiger partial charge on any atom is -0.481 e. The highest BCUT2D eigenvalue weighted by atomic mass is 16.4. The maximum atomic E-state index is 10.9. The zero-order valence-electron chi connectivity index (χ0n) is 7.87. The SMILES string of the molecule is CC(=O)CC[C@@H](CC(=O)O)C(C)=O. The van der Waals surface area contributed by atoms with Crippen LogP contribution in [0.25, 0.3) is 0 Å². The molecule has 0 bridgehead atoms. The van der Waals surface area contributed by atoms with Crippen LogP contribution in [-0.4, -0.2) is 22.6 Å². The Labute approximate surface area is 76.9 Å². The van der Waals surface area contributed by atoms with Gasteiger partial charge < -0.3 is 9.90 Å². The number of Topliss-reactive ketones (excluding diaryl/α,β-unsaturated/α-hetero) is 2. The zero-order chi connectivity index (χ0) is 10.4. The van der Waals surface area contributed by atoms with E-state index in [1.54, 1.807) is 0 Å². The fourth-order valence-electron chi connectivity index (χ4n) is 1.04. The molecule has 1 N–H and O–H groups in total. The van der Waals surface area contributed by atoms with Crippen molar-refractivity contribution in [1.29, 1.82) is 0 Å². The second kappa shape index (κ2) is 5.45. The Hall–Kier alpha value is -1.19. The zero-order valence-corrected chi connectivity index (χ0v) is 7.87. The van der Waals surface area contributed by atoms with Gasteiger partial charge in [-0.1, -0.05) is 0 Å². The molecule has 0 aromatic carbocycles. The summed E-state index contributed by atoms with van der Waals surface area (Å²) in [7, 11) is 0. The fourth-order valence-corrected chi connectivity index (χ4v) is 1.04. The van der Waals surface area contributed by atoms with Crippen molar-refractivity contribution < 1.29 is 19.5 Å². The Morgan fingerprint density at radius 3 is 2.08 bits per heavy atom. The molecule has 74 valence electrons. The number of carbonyl (C=O) groups excluding carboxylic acids is 2. The van der Waals surface area contributed by atoms with Gasteiger partial charge in [-0.25, -0.2) is 0 Å². The minimum atomic E-state index is -0.997. The molecule has 0 amide bonds. The van der Waals surface area contributed by atoms with E-state index in [4.69, 9.17) is 5.11 Å². The molecular weight excluding hydrogens is 172 g/mol. The van der Waals surface area contributed by atoms with Gasteiger partial charge in [0.15, 0.2) is 0 Å². The summed E-state index contributed by atoms with van der Waals surface area (Å²) in [6.45, 7) is 2.78. The van der Waals surface area contributed by atoms with Gasteiger partial charge in [-0.3, -0.25) is 9.59 Å². The van der Waals surface area contributed by atoms with E-state index in [0.717, 1.165) is 0 Å². The van der Waals surface area contributed by atoms with Gasteiger partial charge in [0.2, 0.25) is 0 Å². The van der Waals surface area contributed by atoms with Crippen LogP contribution >= 0.6 is 0 Å². The largest absolute Gasteiger partial charge is 0.481 e. The van der Waals surface area contributed by atoms with E-state index in [1.165, 1.54) is 13.8 Å². The molecule has 13 heavy (non-hydrogen) atoms. The average molecular weight is 186 g/mol. The molecule has 0 radical (unpaired) electrons. The molecule has 0 aliphatic carbocycles. The third-order valence-corrected chi connectivity index (χ3v) is 1.84. The fraction of sp³-hybridized carbons (Fsp3) is 0.667. The van der Waals surface area contributed by atoms with Crippen LogP contribution in [0.15, 0.2) is 0 Å². The molecule has 0 unspecified atom stereocenters. The summed E-state index contributed by atoms with van der Waals surface area (Å²) in [4.78, 5) is 31.8. The first-order valence-corrected chi connectivity index (χ1v) is 4.15. The first-order valence-electron chi connectivity index (χ1n) is 4.15. The Kier molecular flexibility index (Phi) is 4.96. The summed E-state index contributed by atoms with van der Waals surface area (Å²) in [5, 5.41) is 8.46. The molecule has 4 nitrogen and oxygen atoms in total. The molecule has 0 spiro atoms. The molecule has 0 heterocycles. The molecule has 1 atom stereocenters. The number of carbonyl (C=O) groups is 3. The number of ketones is 2. The molecule has 0 aliphatic rings. The van der Waals surface area contributed by atoms with E-state index in [-0.39, 0.29) is 24.4 Å². The van der Waals surface area contributed by atoms with Gasteiger partial charge in [-0.15, -0.1) is 0 Å². The minimum absolute atomic E-state index is 0.0170. The van der Waals surface area contributed by atoms with E-state index in [1.807, 2.05) is 0 Å². The normalized spacial score (nSPS) is 12.2. The lowest BCUT2D eigenvalue weighted by Crippen LogP contribution is -2.16. The molecule has 4 heteroatoms. The number of hydrogen-bond acceptors (Lipinski definition) is 3. The van der Waals surface area contributed by atoms with Crippen molar-refractivity contribution in [3.63, 3.8) is 0 Å². The molecule has 0 aliphatic heterocycles. The Balaban J connectivity index is 4.02. The third kappa shape index (κ3) is 6.02. The van der Waals surface area contributed by atoms with Gasteiger partial charge in [0.25, 0.3) is 0 Å². The first-order chi connectivity index (χ1) is 5.93. The van der Waals surface area contributed by atoms with E-state index in [0.29, 0.717) is 6.42 Å². The average Bonchev–Trinajstić information content (AvgIpc) is 1.96. The second-order valence-electron chi connectivity index (χ2n) is 3.15. The summed E-state index contributed by atoms with van der Waals surface area (Å²) in [5.41, 5.74) is 0. The monoisotopic (exact) mass is 186 g/mol. The van der Waals surface area contributed by atoms with Crippen molar-refractivity contribution in [2.75, 3.05) is 0 Å². The van der Waals surface area contributed by atoms with Crippen LogP contribution < -0.4 is 0 Å². The van der Waals surface area contributed by atoms with E-state index >= 15 is 0 Å². The predicted molar refractivity (Wildman–Crippen MR) is 46.3 cm³/mol. The highest BCUT2D eigenvalue weighted by molar-refractivity contribution is 5.83. The number of hydrogen-bond donors (Lipinski definition) is 1. The first kappa shape index (κ1) is 11.8. The Bertz CT molecular complexity index is 220. The summed E-state index contributed by atoms with van der Waals surface area (Å²) >= 11 is 0. The van der Waals surface area contributed by atoms with Crippen molar-refractivity contribution in [2.45, 2.75) is 33.1 Å². The smallest absolute Gasteiger partial charge is 0.304 e. The highest BCUT2D eigenvalue weighted by Crippen LogP contribution is 2.12. The van der Waals surface area contributed by atoms with E-state index in [9.17, 15) is 14.4 Å². The van der Waals surface area contributed by atoms with Gasteiger partial charge in [0.1, 0.15) is 11.6 Å². The molecule has 0 saturated carbocycles. The van der Waals surface area contributed by atoms with Crippen molar-refractivity contribution >= 4 is 17.5 Å². The number of carboxylic acid groups (broad SMARTS) is 1. The van der Waals surface area contributed by atoms with E-state index in [2.05, 4.69) is 0 Å². The van der Waals surface area contributed by atoms with Gasteiger partial charge in [-0.05, 0) is 20.3 Å². The summed E-state index contributed by atoms with van der Waals surface area (Å²) in [6, 6.07) is 0. The van der Waals surface area contributed by atoms with Crippen LogP contribution in [0.2, 0.25) is 0 Å². The lowest BCUT2D eigenvalue weighted by atomic mass is 9.95. The predicted octanol–water partition coefficient (Wildman–Crippen LogP) is 1.04. The standard InChI is InChI=1S/C9H14O4/c1-6(10)3-4-8(7(2)11)5-9(12)13/h8H,3-5H2,1-2H3,(H,12,13)/t8-/m0/s1. The summed E-state index contributed by atoms with van der Waals surface area (Å²) < 4.78 is 0. The van der Waals surface area contributed by atoms with Crippen LogP contribution in [0.3, 0.4) is 0 Å². The van der Waals surface area contributed by atoms with Crippen LogP contribution in [0.1, 0.15) is 33.1 Å². The second-order valence-corrected chi connectivity index (χ2v) is 3.15. The number of aliphatic carboxylic acids is 1. The van der Waals surface area contributed by atoms with Crippen molar-refractivity contribution in [3.8, 4) is 0 Å². The van der Waals surface area contributed by atoms with Crippen LogP contribution in [0.4, 0.5) is 0 Å².